The van der Waals surface area contributed by atoms with Crippen LogP contribution in [0.5, 0.6) is 0 Å². The van der Waals surface area contributed by atoms with Gasteiger partial charge < -0.3 is 44.5 Å². The van der Waals surface area contributed by atoms with Gasteiger partial charge in [0.25, 0.3) is 0 Å². The largest absolute Gasteiger partial charge is 0.479 e. The van der Waals surface area contributed by atoms with Crippen LogP contribution in [0.4, 0.5) is 0 Å². The number of carboxylic acid groups (broad SMARTS) is 1. The van der Waals surface area contributed by atoms with Crippen LogP contribution in [0.2, 0.25) is 0 Å². The second kappa shape index (κ2) is 10.7. The molecule has 33 heavy (non-hydrogen) atoms. The molecule has 10 atom stereocenters. The van der Waals surface area contributed by atoms with E-state index in [1.807, 2.05) is 0 Å². The summed E-state index contributed by atoms with van der Waals surface area (Å²) in [6.45, 7) is -0.941. The first-order valence-electron chi connectivity index (χ1n) is 8.87. The monoisotopic (exact) mass is 529 g/mol. The van der Waals surface area contributed by atoms with E-state index < -0.39 is 94.6 Å². The Morgan fingerprint density at radius 3 is 2.03 bits per heavy atom. The lowest BCUT2D eigenvalue weighted by Gasteiger charge is -2.46. The molecule has 2 rings (SSSR count). The summed E-state index contributed by atoms with van der Waals surface area (Å²) in [5, 5.41) is 49.4. The average molecular weight is 529 g/mol. The molecule has 0 aromatic rings. The first-order valence-corrected chi connectivity index (χ1v) is 11.7. The Morgan fingerprint density at radius 2 is 1.58 bits per heavy atom. The first kappa shape index (κ1) is 28.1. The van der Waals surface area contributed by atoms with E-state index in [-0.39, 0.29) is 0 Å². The van der Waals surface area contributed by atoms with E-state index in [1.54, 1.807) is 0 Å². The fourth-order valence-corrected chi connectivity index (χ4v) is 4.34. The van der Waals surface area contributed by atoms with Crippen molar-refractivity contribution in [3.8, 4) is 0 Å². The van der Waals surface area contributed by atoms with Crippen LogP contribution < -0.4 is 4.72 Å². The van der Waals surface area contributed by atoms with Crippen molar-refractivity contribution >= 4 is 26.7 Å². The number of carbonyl (C=O) groups is 1. The maximum atomic E-state index is 11.7. The third kappa shape index (κ3) is 6.95. The Kier molecular flexibility index (Phi) is 9.08. The van der Waals surface area contributed by atoms with Gasteiger partial charge in [0.05, 0.1) is 6.61 Å². The minimum Gasteiger partial charge on any atom is -0.479 e. The number of aliphatic carboxylic acids is 1. The van der Waals surface area contributed by atoms with Gasteiger partial charge in [0, 0.05) is 7.11 Å². The van der Waals surface area contributed by atoms with Gasteiger partial charge in [0.1, 0.15) is 36.6 Å². The highest BCUT2D eigenvalue weighted by Gasteiger charge is 2.55. The zero-order valence-electron chi connectivity index (χ0n) is 16.5. The SMILES string of the molecule is CO[C@@H]1O[C@@H](C(=O)O)[C@@H](O[C@H]2O[C@H](CO)[C@@H](O)[C@H](O)[C@H]2NS(=O)(=O)O)[C@H](O)[C@H]1OS(=O)(=O)O. The third-order valence-electron chi connectivity index (χ3n) is 4.69. The quantitative estimate of drug-likeness (QED) is 0.129. The molecule has 2 aliphatic rings. The smallest absolute Gasteiger partial charge is 0.397 e. The number of hydrogen-bond donors (Lipinski definition) is 8. The van der Waals surface area contributed by atoms with Crippen LogP contribution in [0.1, 0.15) is 0 Å². The Labute approximate surface area is 186 Å². The van der Waals surface area contributed by atoms with E-state index in [4.69, 9.17) is 28.1 Å². The molecule has 2 aliphatic heterocycles. The van der Waals surface area contributed by atoms with Crippen molar-refractivity contribution in [2.24, 2.45) is 0 Å². The van der Waals surface area contributed by atoms with E-state index in [2.05, 4.69) is 4.18 Å². The van der Waals surface area contributed by atoms with E-state index in [0.29, 0.717) is 0 Å². The summed E-state index contributed by atoms with van der Waals surface area (Å²) < 4.78 is 88.6. The molecule has 2 saturated heterocycles. The van der Waals surface area contributed by atoms with Gasteiger partial charge in [0.15, 0.2) is 24.8 Å². The van der Waals surface area contributed by atoms with Crippen LogP contribution in [-0.4, -0.2) is 133 Å². The molecular formula is C13H23NO17S2. The first-order chi connectivity index (χ1) is 15.1. The molecule has 0 aromatic heterocycles. The molecule has 0 spiro atoms. The van der Waals surface area contributed by atoms with Crippen molar-refractivity contribution in [3.63, 3.8) is 0 Å². The second-order valence-corrected chi connectivity index (χ2v) is 9.14. The van der Waals surface area contributed by atoms with Gasteiger partial charge in [-0.15, -0.1) is 0 Å². The van der Waals surface area contributed by atoms with Gasteiger partial charge >= 0.3 is 26.7 Å². The molecule has 8 N–H and O–H groups in total. The number of nitrogens with one attached hydrogen (secondary N) is 1. The van der Waals surface area contributed by atoms with Crippen molar-refractivity contribution in [3.05, 3.63) is 0 Å². The fraction of sp³-hybridized carbons (Fsp3) is 0.923. The molecule has 18 nitrogen and oxygen atoms in total. The summed E-state index contributed by atoms with van der Waals surface area (Å²) in [5.41, 5.74) is 0. The van der Waals surface area contributed by atoms with Crippen LogP contribution >= 0.6 is 0 Å². The van der Waals surface area contributed by atoms with Crippen LogP contribution in [0.15, 0.2) is 0 Å². The molecule has 2 fully saturated rings. The van der Waals surface area contributed by atoms with Crippen LogP contribution in [0, 0.1) is 0 Å². The number of aliphatic hydroxyl groups excluding tert-OH is 4. The highest BCUT2D eigenvalue weighted by atomic mass is 32.3. The number of carboxylic acids is 1. The minimum absolute atomic E-state index is 0.928. The van der Waals surface area contributed by atoms with E-state index >= 15 is 0 Å². The molecule has 0 bridgehead atoms. The minimum atomic E-state index is -5.24. The molecule has 194 valence electrons. The van der Waals surface area contributed by atoms with Crippen molar-refractivity contribution in [2.75, 3.05) is 13.7 Å². The summed E-state index contributed by atoms with van der Waals surface area (Å²) in [4.78, 5) is 11.7. The lowest BCUT2D eigenvalue weighted by molar-refractivity contribution is -0.335. The van der Waals surface area contributed by atoms with Crippen molar-refractivity contribution in [1.29, 1.82) is 0 Å². The molecule has 0 radical (unpaired) electrons. The highest BCUT2D eigenvalue weighted by molar-refractivity contribution is 7.83. The summed E-state index contributed by atoms with van der Waals surface area (Å²) in [6, 6.07) is -2.03. The number of rotatable bonds is 9. The maximum absolute atomic E-state index is 11.7. The molecular weight excluding hydrogens is 506 g/mol. The number of methoxy groups -OCH3 is 1. The molecule has 0 unspecified atom stereocenters. The molecule has 0 aliphatic carbocycles. The highest BCUT2D eigenvalue weighted by Crippen LogP contribution is 2.31. The maximum Gasteiger partial charge on any atom is 0.397 e. The van der Waals surface area contributed by atoms with Crippen molar-refractivity contribution in [1.82, 2.24) is 4.72 Å². The van der Waals surface area contributed by atoms with Gasteiger partial charge in [-0.1, -0.05) is 0 Å². The van der Waals surface area contributed by atoms with E-state index in [1.165, 1.54) is 4.72 Å². The second-order valence-electron chi connectivity index (χ2n) is 6.90. The molecule has 0 amide bonds. The summed E-state index contributed by atoms with van der Waals surface area (Å²) >= 11 is 0. The summed E-state index contributed by atoms with van der Waals surface area (Å²) in [7, 11) is -9.39. The van der Waals surface area contributed by atoms with Gasteiger partial charge in [-0.2, -0.15) is 21.6 Å². The molecule has 0 aromatic carbocycles. The Hall–Kier alpha value is -1.11. The number of hydrogen-bond acceptors (Lipinski definition) is 14. The van der Waals surface area contributed by atoms with Gasteiger partial charge in [-0.3, -0.25) is 9.11 Å². The summed E-state index contributed by atoms with van der Waals surface area (Å²) in [6.07, 6.45) is -18.2. The zero-order valence-corrected chi connectivity index (χ0v) is 18.1. The Balaban J connectivity index is 2.42. The van der Waals surface area contributed by atoms with E-state index in [0.717, 1.165) is 7.11 Å². The Bertz CT molecular complexity index is 895. The average Bonchev–Trinajstić information content (AvgIpc) is 2.68. The lowest BCUT2D eigenvalue weighted by atomic mass is 9.96. The van der Waals surface area contributed by atoms with Crippen LogP contribution in [0.25, 0.3) is 0 Å². The fourth-order valence-electron chi connectivity index (χ4n) is 3.26. The van der Waals surface area contributed by atoms with Gasteiger partial charge in [-0.25, -0.2) is 8.98 Å². The zero-order chi connectivity index (χ0) is 25.3. The molecule has 20 heteroatoms. The van der Waals surface area contributed by atoms with Gasteiger partial charge in [0.2, 0.25) is 0 Å². The molecule has 2 heterocycles. The Morgan fingerprint density at radius 1 is 0.970 bits per heavy atom. The summed E-state index contributed by atoms with van der Waals surface area (Å²) in [5.74, 6) is -1.79. The lowest BCUT2D eigenvalue weighted by Crippen LogP contribution is -2.68. The van der Waals surface area contributed by atoms with Crippen LogP contribution in [-0.2, 0) is 48.6 Å². The van der Waals surface area contributed by atoms with Crippen LogP contribution in [0.3, 0.4) is 0 Å². The topological polar surface area (TPSA) is 285 Å². The van der Waals surface area contributed by atoms with Crippen molar-refractivity contribution in [2.45, 2.75) is 61.3 Å². The van der Waals surface area contributed by atoms with Gasteiger partial charge in [-0.05, 0) is 0 Å². The number of ether oxygens (including phenoxy) is 4. The number of aliphatic hydroxyl groups is 4. The normalized spacial score (nSPS) is 40.5. The predicted octanol–water partition coefficient (Wildman–Crippen LogP) is -5.42. The van der Waals surface area contributed by atoms with E-state index in [9.17, 15) is 47.2 Å². The standard InChI is InChI=1S/C13H23NO17S2/c1-27-13-9(31-33(24,25)26)7(18)8(10(30-13)11(19)20)29-12-4(14-32(21,22)23)6(17)5(16)3(2-15)28-12/h3-10,12-18H,2H2,1H3,(H,19,20)(H,21,22,23)(H,24,25,26)/t3-,4-,5-,6-,7+,8+,9-,10-,12-,13-/m1/s1. The molecule has 0 saturated carbocycles. The predicted molar refractivity (Wildman–Crippen MR) is 96.8 cm³/mol. The van der Waals surface area contributed by atoms with Crippen molar-refractivity contribution < 1.29 is 79.4 Å². The third-order valence-corrected chi connectivity index (χ3v) is 5.72.